The van der Waals surface area contributed by atoms with E-state index in [9.17, 15) is 4.39 Å². The molecule has 0 amide bonds. The SMILES string of the molecule is CCSc1ccc(-c2nc3nc(C)ccn3c2-c2ccc(OC)c(F)c2)cc1. The summed E-state index contributed by atoms with van der Waals surface area (Å²) in [5, 5.41) is 0. The molecule has 2 aromatic carbocycles. The third-order valence-electron chi connectivity index (χ3n) is 4.50. The number of halogens is 1. The maximum atomic E-state index is 14.4. The molecular weight excluding hydrogens is 373 g/mol. The zero-order valence-corrected chi connectivity index (χ0v) is 16.8. The highest BCUT2D eigenvalue weighted by atomic mass is 32.2. The van der Waals surface area contributed by atoms with Crippen molar-refractivity contribution in [3.05, 3.63) is 66.2 Å². The topological polar surface area (TPSA) is 39.4 Å². The van der Waals surface area contributed by atoms with Crippen molar-refractivity contribution >= 4 is 17.5 Å². The van der Waals surface area contributed by atoms with Gasteiger partial charge in [-0.1, -0.05) is 19.1 Å². The maximum absolute atomic E-state index is 14.4. The molecule has 0 aliphatic heterocycles. The Hall–Kier alpha value is -2.86. The van der Waals surface area contributed by atoms with Gasteiger partial charge in [-0.2, -0.15) is 0 Å². The Morgan fingerprint density at radius 1 is 1.04 bits per heavy atom. The molecule has 4 nitrogen and oxygen atoms in total. The zero-order valence-electron chi connectivity index (χ0n) is 15.9. The van der Waals surface area contributed by atoms with E-state index in [1.165, 1.54) is 18.1 Å². The summed E-state index contributed by atoms with van der Waals surface area (Å²) in [4.78, 5) is 10.5. The number of aromatic nitrogens is 3. The lowest BCUT2D eigenvalue weighted by Crippen LogP contribution is -1.94. The second-order valence-corrected chi connectivity index (χ2v) is 7.69. The fraction of sp³-hybridized carbons (Fsp3) is 0.182. The van der Waals surface area contributed by atoms with Crippen molar-refractivity contribution in [3.63, 3.8) is 0 Å². The van der Waals surface area contributed by atoms with Crippen LogP contribution in [0, 0.1) is 12.7 Å². The van der Waals surface area contributed by atoms with Crippen LogP contribution in [0.5, 0.6) is 5.75 Å². The van der Waals surface area contributed by atoms with Crippen LogP contribution in [0.2, 0.25) is 0 Å². The van der Waals surface area contributed by atoms with Crippen molar-refractivity contribution in [2.24, 2.45) is 0 Å². The first kappa shape index (κ1) is 18.5. The number of hydrogen-bond acceptors (Lipinski definition) is 4. The Kier molecular flexibility index (Phi) is 5.05. The fourth-order valence-corrected chi connectivity index (χ4v) is 3.85. The molecule has 2 aromatic heterocycles. The maximum Gasteiger partial charge on any atom is 0.235 e. The van der Waals surface area contributed by atoms with Gasteiger partial charge in [0.15, 0.2) is 11.6 Å². The molecule has 6 heteroatoms. The highest BCUT2D eigenvalue weighted by Crippen LogP contribution is 2.35. The van der Waals surface area contributed by atoms with Gasteiger partial charge < -0.3 is 4.74 Å². The van der Waals surface area contributed by atoms with E-state index < -0.39 is 5.82 Å². The largest absolute Gasteiger partial charge is 0.494 e. The van der Waals surface area contributed by atoms with E-state index in [1.807, 2.05) is 29.7 Å². The van der Waals surface area contributed by atoms with Crippen molar-refractivity contribution in [2.75, 3.05) is 12.9 Å². The molecule has 0 aliphatic carbocycles. The van der Waals surface area contributed by atoms with Crippen molar-refractivity contribution in [1.29, 1.82) is 0 Å². The van der Waals surface area contributed by atoms with Gasteiger partial charge in [0.25, 0.3) is 0 Å². The summed E-state index contributed by atoms with van der Waals surface area (Å²) in [5.41, 5.74) is 4.15. The normalized spacial score (nSPS) is 11.1. The van der Waals surface area contributed by atoms with E-state index in [0.717, 1.165) is 34.0 Å². The van der Waals surface area contributed by atoms with Gasteiger partial charge >= 0.3 is 0 Å². The van der Waals surface area contributed by atoms with Crippen LogP contribution >= 0.6 is 11.8 Å². The molecule has 0 saturated heterocycles. The van der Waals surface area contributed by atoms with Crippen molar-refractivity contribution in [3.8, 4) is 28.3 Å². The minimum absolute atomic E-state index is 0.217. The number of hydrogen-bond donors (Lipinski definition) is 0. The molecule has 4 aromatic rings. The van der Waals surface area contributed by atoms with Crippen LogP contribution in [0.25, 0.3) is 28.3 Å². The summed E-state index contributed by atoms with van der Waals surface area (Å²) in [7, 11) is 1.46. The van der Waals surface area contributed by atoms with Crippen LogP contribution in [0.15, 0.2) is 59.6 Å². The molecule has 28 heavy (non-hydrogen) atoms. The first-order valence-electron chi connectivity index (χ1n) is 9.03. The Morgan fingerprint density at radius 2 is 1.79 bits per heavy atom. The molecule has 0 radical (unpaired) electrons. The molecule has 0 fully saturated rings. The Labute approximate surface area is 167 Å². The molecule has 0 bridgehead atoms. The van der Waals surface area contributed by atoms with E-state index in [-0.39, 0.29) is 5.75 Å². The van der Waals surface area contributed by atoms with Crippen LogP contribution in [-0.2, 0) is 0 Å². The molecule has 0 atom stereocenters. The number of benzene rings is 2. The van der Waals surface area contributed by atoms with Crippen LogP contribution in [0.3, 0.4) is 0 Å². The lowest BCUT2D eigenvalue weighted by Gasteiger charge is -2.08. The third kappa shape index (κ3) is 3.36. The second-order valence-electron chi connectivity index (χ2n) is 6.35. The molecule has 0 saturated carbocycles. The first-order valence-corrected chi connectivity index (χ1v) is 10.0. The van der Waals surface area contributed by atoms with Crippen molar-refractivity contribution in [1.82, 2.24) is 14.4 Å². The number of methoxy groups -OCH3 is 1. The van der Waals surface area contributed by atoms with E-state index in [4.69, 9.17) is 9.72 Å². The fourth-order valence-electron chi connectivity index (χ4n) is 3.18. The van der Waals surface area contributed by atoms with Crippen LogP contribution < -0.4 is 4.74 Å². The van der Waals surface area contributed by atoms with Crippen molar-refractivity contribution in [2.45, 2.75) is 18.7 Å². The minimum Gasteiger partial charge on any atom is -0.494 e. The highest BCUT2D eigenvalue weighted by molar-refractivity contribution is 7.99. The average molecular weight is 393 g/mol. The summed E-state index contributed by atoms with van der Waals surface area (Å²) in [5.74, 6) is 1.42. The summed E-state index contributed by atoms with van der Waals surface area (Å²) in [6.07, 6.45) is 1.92. The van der Waals surface area contributed by atoms with Gasteiger partial charge in [0, 0.05) is 27.9 Å². The molecule has 0 spiro atoms. The van der Waals surface area contributed by atoms with Crippen LogP contribution in [0.4, 0.5) is 4.39 Å². The Bertz CT molecular complexity index is 1140. The summed E-state index contributed by atoms with van der Waals surface area (Å²) in [6.45, 7) is 4.06. The summed E-state index contributed by atoms with van der Waals surface area (Å²) >= 11 is 1.79. The quantitative estimate of drug-likeness (QED) is 0.412. The van der Waals surface area contributed by atoms with Gasteiger partial charge in [0.1, 0.15) is 0 Å². The minimum atomic E-state index is -0.407. The number of aryl methyl sites for hydroxylation is 1. The van der Waals surface area contributed by atoms with Gasteiger partial charge in [-0.15, -0.1) is 11.8 Å². The predicted octanol–water partition coefficient (Wildman–Crippen LogP) is 5.63. The highest BCUT2D eigenvalue weighted by Gasteiger charge is 2.18. The number of imidazole rings is 1. The van der Waals surface area contributed by atoms with E-state index in [0.29, 0.717) is 5.78 Å². The molecule has 0 N–H and O–H groups in total. The van der Waals surface area contributed by atoms with E-state index in [1.54, 1.807) is 17.8 Å². The summed E-state index contributed by atoms with van der Waals surface area (Å²) < 4.78 is 21.4. The summed E-state index contributed by atoms with van der Waals surface area (Å²) in [6, 6.07) is 15.2. The number of thioether (sulfide) groups is 1. The monoisotopic (exact) mass is 393 g/mol. The smallest absolute Gasteiger partial charge is 0.235 e. The van der Waals surface area contributed by atoms with Gasteiger partial charge in [-0.3, -0.25) is 4.40 Å². The number of ether oxygens (including phenoxy) is 1. The lowest BCUT2D eigenvalue weighted by molar-refractivity contribution is 0.386. The van der Waals surface area contributed by atoms with E-state index in [2.05, 4.69) is 36.2 Å². The van der Waals surface area contributed by atoms with Crippen LogP contribution in [-0.4, -0.2) is 27.2 Å². The standard InChI is InChI=1S/C22H20FN3OS/c1-4-28-17-8-5-15(6-9-17)20-21(16-7-10-19(27-3)18(23)13-16)26-12-11-14(2)24-22(26)25-20/h5-13H,4H2,1-3H3. The predicted molar refractivity (Wildman–Crippen MR) is 112 cm³/mol. The lowest BCUT2D eigenvalue weighted by atomic mass is 10.0. The van der Waals surface area contributed by atoms with Gasteiger partial charge in [-0.05, 0) is 49.1 Å². The Morgan fingerprint density at radius 3 is 2.46 bits per heavy atom. The molecule has 2 heterocycles. The Balaban J connectivity index is 1.93. The first-order chi connectivity index (χ1) is 13.6. The number of nitrogens with zero attached hydrogens (tertiary/aromatic N) is 3. The van der Waals surface area contributed by atoms with Gasteiger partial charge in [0.2, 0.25) is 5.78 Å². The number of fused-ring (bicyclic) bond motifs is 1. The molecule has 4 rings (SSSR count). The van der Waals surface area contributed by atoms with Gasteiger partial charge in [0.05, 0.1) is 18.5 Å². The molecule has 142 valence electrons. The van der Waals surface area contributed by atoms with Crippen molar-refractivity contribution < 1.29 is 9.13 Å². The average Bonchev–Trinajstić information content (AvgIpc) is 3.07. The molecule has 0 aliphatic rings. The molecule has 0 unspecified atom stereocenters. The second kappa shape index (κ2) is 7.64. The zero-order chi connectivity index (χ0) is 19.7. The van der Waals surface area contributed by atoms with Gasteiger partial charge in [-0.25, -0.2) is 14.4 Å². The number of rotatable bonds is 5. The third-order valence-corrected chi connectivity index (χ3v) is 5.39. The molecular formula is C22H20FN3OS. The van der Waals surface area contributed by atoms with E-state index >= 15 is 0 Å². The van der Waals surface area contributed by atoms with Crippen LogP contribution in [0.1, 0.15) is 12.6 Å².